The maximum atomic E-state index is 5.97. The standard InChI is InChI=1S/C20H24ClNO2/c1-2-13-22-14-3-4-17(22)15-23-18-9-11-20(12-10-18)24-19-7-5-16(21)6-8-19/h5-12,17H,2-4,13-15H2,1H3. The Balaban J connectivity index is 1.52. The Morgan fingerprint density at radius 1 is 1.00 bits per heavy atom. The summed E-state index contributed by atoms with van der Waals surface area (Å²) in [7, 11) is 0. The summed E-state index contributed by atoms with van der Waals surface area (Å²) in [5, 5.41) is 0.704. The van der Waals surface area contributed by atoms with E-state index in [1.54, 1.807) is 0 Å². The van der Waals surface area contributed by atoms with Crippen LogP contribution in [0.4, 0.5) is 0 Å². The summed E-state index contributed by atoms with van der Waals surface area (Å²) in [6, 6.07) is 15.7. The normalized spacial score (nSPS) is 17.8. The third kappa shape index (κ3) is 4.65. The summed E-state index contributed by atoms with van der Waals surface area (Å²) in [4.78, 5) is 2.54. The van der Waals surface area contributed by atoms with Crippen molar-refractivity contribution >= 4 is 11.6 Å². The summed E-state index contributed by atoms with van der Waals surface area (Å²) in [5.41, 5.74) is 0. The van der Waals surface area contributed by atoms with Gasteiger partial charge in [0.25, 0.3) is 0 Å². The first-order chi connectivity index (χ1) is 11.7. The van der Waals surface area contributed by atoms with Crippen molar-refractivity contribution in [1.29, 1.82) is 0 Å². The molecule has 0 saturated carbocycles. The van der Waals surface area contributed by atoms with Crippen LogP contribution < -0.4 is 9.47 Å². The highest BCUT2D eigenvalue weighted by Gasteiger charge is 2.23. The quantitative estimate of drug-likeness (QED) is 0.672. The molecule has 1 unspecified atom stereocenters. The summed E-state index contributed by atoms with van der Waals surface area (Å²) >= 11 is 5.88. The highest BCUT2D eigenvalue weighted by molar-refractivity contribution is 6.30. The molecule has 0 bridgehead atoms. The maximum Gasteiger partial charge on any atom is 0.127 e. The van der Waals surface area contributed by atoms with Gasteiger partial charge in [0, 0.05) is 11.1 Å². The number of rotatable bonds is 7. The Bertz CT molecular complexity index is 627. The molecule has 0 radical (unpaired) electrons. The van der Waals surface area contributed by atoms with E-state index in [-0.39, 0.29) is 0 Å². The summed E-state index contributed by atoms with van der Waals surface area (Å²) in [6.45, 7) is 5.37. The van der Waals surface area contributed by atoms with Crippen molar-refractivity contribution < 1.29 is 9.47 Å². The van der Waals surface area contributed by atoms with Gasteiger partial charge in [-0.05, 0) is 80.9 Å². The Hall–Kier alpha value is -1.71. The van der Waals surface area contributed by atoms with Crippen LogP contribution in [0.5, 0.6) is 17.2 Å². The van der Waals surface area contributed by atoms with Crippen LogP contribution in [0.25, 0.3) is 0 Å². The van der Waals surface area contributed by atoms with Gasteiger partial charge in [0.15, 0.2) is 0 Å². The van der Waals surface area contributed by atoms with Crippen LogP contribution in [0, 0.1) is 0 Å². The lowest BCUT2D eigenvalue weighted by atomic mass is 10.2. The van der Waals surface area contributed by atoms with Crippen molar-refractivity contribution in [3.63, 3.8) is 0 Å². The number of nitrogens with zero attached hydrogens (tertiary/aromatic N) is 1. The van der Waals surface area contributed by atoms with E-state index < -0.39 is 0 Å². The van der Waals surface area contributed by atoms with Crippen LogP contribution in [0.1, 0.15) is 26.2 Å². The molecular weight excluding hydrogens is 322 g/mol. The average molecular weight is 346 g/mol. The van der Waals surface area contributed by atoms with Crippen molar-refractivity contribution in [1.82, 2.24) is 4.90 Å². The number of ether oxygens (including phenoxy) is 2. The second-order valence-corrected chi connectivity index (χ2v) is 6.61. The Morgan fingerprint density at radius 2 is 1.62 bits per heavy atom. The van der Waals surface area contributed by atoms with Gasteiger partial charge in [-0.15, -0.1) is 0 Å². The zero-order valence-corrected chi connectivity index (χ0v) is 14.8. The van der Waals surface area contributed by atoms with Gasteiger partial charge in [-0.1, -0.05) is 18.5 Å². The lowest BCUT2D eigenvalue weighted by Crippen LogP contribution is -2.34. The molecule has 3 nitrogen and oxygen atoms in total. The third-order valence-electron chi connectivity index (χ3n) is 4.33. The van der Waals surface area contributed by atoms with E-state index in [2.05, 4.69) is 11.8 Å². The van der Waals surface area contributed by atoms with Crippen LogP contribution in [-0.4, -0.2) is 30.6 Å². The minimum Gasteiger partial charge on any atom is -0.492 e. The highest BCUT2D eigenvalue weighted by atomic mass is 35.5. The molecule has 1 atom stereocenters. The third-order valence-corrected chi connectivity index (χ3v) is 4.58. The van der Waals surface area contributed by atoms with E-state index >= 15 is 0 Å². The fourth-order valence-corrected chi connectivity index (χ4v) is 3.23. The number of likely N-dealkylation sites (tertiary alicyclic amines) is 1. The zero-order chi connectivity index (χ0) is 16.8. The van der Waals surface area contributed by atoms with Crippen molar-refractivity contribution in [2.75, 3.05) is 19.7 Å². The molecule has 2 aromatic rings. The van der Waals surface area contributed by atoms with Gasteiger partial charge in [0.1, 0.15) is 23.9 Å². The van der Waals surface area contributed by atoms with Gasteiger partial charge in [0.2, 0.25) is 0 Å². The monoisotopic (exact) mass is 345 g/mol. The Kier molecular flexibility index (Phi) is 6.00. The molecule has 1 aliphatic rings. The molecule has 2 aromatic carbocycles. The molecule has 0 amide bonds. The number of hydrogen-bond acceptors (Lipinski definition) is 3. The lowest BCUT2D eigenvalue weighted by molar-refractivity contribution is 0.173. The van der Waals surface area contributed by atoms with Crippen molar-refractivity contribution in [2.45, 2.75) is 32.2 Å². The van der Waals surface area contributed by atoms with Crippen molar-refractivity contribution in [3.05, 3.63) is 53.6 Å². The fraction of sp³-hybridized carbons (Fsp3) is 0.400. The molecule has 3 rings (SSSR count). The van der Waals surface area contributed by atoms with Crippen LogP contribution in [0.3, 0.4) is 0 Å². The minimum atomic E-state index is 0.551. The second kappa shape index (κ2) is 8.41. The molecule has 1 fully saturated rings. The van der Waals surface area contributed by atoms with Gasteiger partial charge in [-0.2, -0.15) is 0 Å². The number of benzene rings is 2. The number of hydrogen-bond donors (Lipinski definition) is 0. The molecular formula is C20H24ClNO2. The zero-order valence-electron chi connectivity index (χ0n) is 14.1. The lowest BCUT2D eigenvalue weighted by Gasteiger charge is -2.23. The van der Waals surface area contributed by atoms with Crippen LogP contribution in [0.2, 0.25) is 5.02 Å². The molecule has 0 spiro atoms. The van der Waals surface area contributed by atoms with E-state index in [0.717, 1.165) is 23.9 Å². The smallest absolute Gasteiger partial charge is 0.127 e. The van der Waals surface area contributed by atoms with Crippen LogP contribution in [-0.2, 0) is 0 Å². The molecule has 128 valence electrons. The predicted molar refractivity (Wildman–Crippen MR) is 98.3 cm³/mol. The first-order valence-electron chi connectivity index (χ1n) is 8.65. The largest absolute Gasteiger partial charge is 0.492 e. The Morgan fingerprint density at radius 3 is 2.29 bits per heavy atom. The first kappa shape index (κ1) is 17.1. The van der Waals surface area contributed by atoms with E-state index in [1.807, 2.05) is 48.5 Å². The van der Waals surface area contributed by atoms with E-state index in [0.29, 0.717) is 11.1 Å². The minimum absolute atomic E-state index is 0.551. The predicted octanol–water partition coefficient (Wildman–Crippen LogP) is 5.39. The van der Waals surface area contributed by atoms with Crippen molar-refractivity contribution in [3.8, 4) is 17.2 Å². The topological polar surface area (TPSA) is 21.7 Å². The molecule has 24 heavy (non-hydrogen) atoms. The first-order valence-corrected chi connectivity index (χ1v) is 9.02. The molecule has 4 heteroatoms. The van der Waals surface area contributed by atoms with Crippen LogP contribution in [0.15, 0.2) is 48.5 Å². The summed E-state index contributed by atoms with van der Waals surface area (Å²) < 4.78 is 11.8. The van der Waals surface area contributed by atoms with Gasteiger partial charge in [0.05, 0.1) is 0 Å². The highest BCUT2D eigenvalue weighted by Crippen LogP contribution is 2.25. The Labute approximate surface area is 149 Å². The second-order valence-electron chi connectivity index (χ2n) is 6.17. The summed E-state index contributed by atoms with van der Waals surface area (Å²) in [6.07, 6.45) is 3.72. The fourth-order valence-electron chi connectivity index (χ4n) is 3.10. The molecule has 1 saturated heterocycles. The van der Waals surface area contributed by atoms with Crippen LogP contribution >= 0.6 is 11.6 Å². The van der Waals surface area contributed by atoms with Gasteiger partial charge >= 0.3 is 0 Å². The molecule has 0 aliphatic carbocycles. The van der Waals surface area contributed by atoms with Gasteiger partial charge in [-0.3, -0.25) is 4.90 Å². The SMILES string of the molecule is CCCN1CCCC1COc1ccc(Oc2ccc(Cl)cc2)cc1. The van der Waals surface area contributed by atoms with Gasteiger partial charge in [-0.25, -0.2) is 0 Å². The van der Waals surface area contributed by atoms with E-state index in [1.165, 1.54) is 32.4 Å². The molecule has 0 aromatic heterocycles. The molecule has 0 N–H and O–H groups in total. The summed E-state index contributed by atoms with van der Waals surface area (Å²) in [5.74, 6) is 2.45. The molecule has 1 heterocycles. The van der Waals surface area contributed by atoms with Gasteiger partial charge < -0.3 is 9.47 Å². The number of halogens is 1. The molecule has 1 aliphatic heterocycles. The average Bonchev–Trinajstić information content (AvgIpc) is 3.04. The van der Waals surface area contributed by atoms with E-state index in [4.69, 9.17) is 21.1 Å². The maximum absolute atomic E-state index is 5.97. The van der Waals surface area contributed by atoms with Crippen molar-refractivity contribution in [2.24, 2.45) is 0 Å². The van der Waals surface area contributed by atoms with E-state index in [9.17, 15) is 0 Å².